The van der Waals surface area contributed by atoms with Crippen molar-refractivity contribution in [1.82, 2.24) is 0 Å². The lowest BCUT2D eigenvalue weighted by Gasteiger charge is -2.39. The Bertz CT molecular complexity index is 1110. The molecule has 0 radical (unpaired) electrons. The fraction of sp³-hybridized carbons (Fsp3) is 0.273. The molecule has 29 heavy (non-hydrogen) atoms. The highest BCUT2D eigenvalue weighted by Gasteiger charge is 2.39. The highest BCUT2D eigenvalue weighted by Crippen LogP contribution is 2.48. The molecule has 2 N–H and O–H groups in total. The maximum absolute atomic E-state index is 13.9. The minimum Gasteiger partial charge on any atom is -0.496 e. The van der Waals surface area contributed by atoms with Gasteiger partial charge in [-0.3, -0.25) is 0 Å². The van der Waals surface area contributed by atoms with E-state index in [9.17, 15) is 12.8 Å². The lowest BCUT2D eigenvalue weighted by molar-refractivity contribution is 0.0415. The molecule has 0 saturated carbocycles. The van der Waals surface area contributed by atoms with Crippen LogP contribution in [0.15, 0.2) is 83.2 Å². The predicted octanol–water partition coefficient (Wildman–Crippen LogP) is 3.45. The summed E-state index contributed by atoms with van der Waals surface area (Å²) in [5.41, 5.74) is 2.37. The number of primary sulfonamides is 1. The van der Waals surface area contributed by atoms with E-state index in [2.05, 4.69) is 0 Å². The molecule has 0 aromatic heterocycles. The molecule has 1 aromatic carbocycles. The van der Waals surface area contributed by atoms with E-state index in [0.29, 0.717) is 11.3 Å². The van der Waals surface area contributed by atoms with E-state index in [1.54, 1.807) is 26.2 Å². The van der Waals surface area contributed by atoms with Crippen molar-refractivity contribution < 1.29 is 22.3 Å². The van der Waals surface area contributed by atoms with Crippen molar-refractivity contribution >= 4 is 10.0 Å². The molecule has 7 heteroatoms. The Hall–Kier alpha value is -2.48. The van der Waals surface area contributed by atoms with Gasteiger partial charge in [-0.15, -0.1) is 0 Å². The molecule has 5 nitrogen and oxygen atoms in total. The van der Waals surface area contributed by atoms with E-state index in [1.165, 1.54) is 12.1 Å². The summed E-state index contributed by atoms with van der Waals surface area (Å²) in [7, 11) is -2.12. The summed E-state index contributed by atoms with van der Waals surface area (Å²) in [6.07, 6.45) is 10.3. The van der Waals surface area contributed by atoms with Gasteiger partial charge in [-0.1, -0.05) is 49.4 Å². The van der Waals surface area contributed by atoms with Gasteiger partial charge in [0.05, 0.1) is 12.9 Å². The first-order chi connectivity index (χ1) is 13.7. The van der Waals surface area contributed by atoms with Crippen molar-refractivity contribution in [3.05, 3.63) is 94.6 Å². The van der Waals surface area contributed by atoms with Crippen molar-refractivity contribution in [2.75, 3.05) is 12.9 Å². The zero-order valence-corrected chi connectivity index (χ0v) is 16.9. The highest BCUT2D eigenvalue weighted by molar-refractivity contribution is 7.89. The summed E-state index contributed by atoms with van der Waals surface area (Å²) in [5.74, 6) is 0.0727. The number of ether oxygens (including phenoxy) is 2. The Kier molecular flexibility index (Phi) is 4.85. The van der Waals surface area contributed by atoms with Crippen molar-refractivity contribution in [2.24, 2.45) is 10.6 Å². The maximum atomic E-state index is 13.9. The Morgan fingerprint density at radius 3 is 2.83 bits per heavy atom. The van der Waals surface area contributed by atoms with E-state index in [0.717, 1.165) is 16.7 Å². The molecule has 3 unspecified atom stereocenters. The third-order valence-corrected chi connectivity index (χ3v) is 6.27. The van der Waals surface area contributed by atoms with Gasteiger partial charge in [0.1, 0.15) is 23.8 Å². The summed E-state index contributed by atoms with van der Waals surface area (Å²) in [5, 5.41) is 5.31. The van der Waals surface area contributed by atoms with Gasteiger partial charge >= 0.3 is 0 Å². The second kappa shape index (κ2) is 7.09. The maximum Gasteiger partial charge on any atom is 0.210 e. The van der Waals surface area contributed by atoms with Crippen LogP contribution in [0, 0.1) is 11.2 Å². The van der Waals surface area contributed by atoms with Gasteiger partial charge in [0.15, 0.2) is 0 Å². The molecule has 152 valence electrons. The Labute approximate surface area is 169 Å². The quantitative estimate of drug-likeness (QED) is 0.817. The number of hydrogen-bond acceptors (Lipinski definition) is 4. The van der Waals surface area contributed by atoms with Crippen LogP contribution in [0.1, 0.15) is 18.6 Å². The standard InChI is InChI=1S/C22H22FNO4S/c1-22(13-29(24,25)26)10-9-16-17(12-22)21(14-5-3-6-15(23)11-14)28-19-8-4-7-18(27-2)20(16)19/h3-12,19,21H,13H2,1-2H3,(H2,24,25,26). The molecule has 4 rings (SSSR count). The first-order valence-corrected chi connectivity index (χ1v) is 10.9. The van der Waals surface area contributed by atoms with Crippen LogP contribution in [-0.4, -0.2) is 27.4 Å². The zero-order valence-electron chi connectivity index (χ0n) is 16.1. The van der Waals surface area contributed by atoms with Gasteiger partial charge in [0, 0.05) is 11.0 Å². The van der Waals surface area contributed by atoms with Crippen molar-refractivity contribution in [3.8, 4) is 0 Å². The fourth-order valence-corrected chi connectivity index (χ4v) is 5.18. The van der Waals surface area contributed by atoms with Crippen molar-refractivity contribution in [1.29, 1.82) is 0 Å². The molecule has 0 fully saturated rings. The summed E-state index contributed by atoms with van der Waals surface area (Å²) in [6, 6.07) is 6.24. The average molecular weight is 415 g/mol. The van der Waals surface area contributed by atoms with Gasteiger partial charge in [-0.05, 0) is 34.9 Å². The Morgan fingerprint density at radius 1 is 1.34 bits per heavy atom. The Balaban J connectivity index is 1.90. The number of rotatable bonds is 4. The highest BCUT2D eigenvalue weighted by atomic mass is 32.2. The van der Waals surface area contributed by atoms with Gasteiger partial charge in [0.25, 0.3) is 0 Å². The lowest BCUT2D eigenvalue weighted by Crippen LogP contribution is -2.34. The first kappa shape index (κ1) is 19.8. The molecule has 2 aliphatic carbocycles. The van der Waals surface area contributed by atoms with Gasteiger partial charge in [-0.2, -0.15) is 0 Å². The molecule has 1 aromatic rings. The van der Waals surface area contributed by atoms with Gasteiger partial charge < -0.3 is 9.47 Å². The summed E-state index contributed by atoms with van der Waals surface area (Å²) in [4.78, 5) is 0. The third kappa shape index (κ3) is 3.85. The number of methoxy groups -OCH3 is 1. The number of benzene rings is 1. The van der Waals surface area contributed by atoms with Crippen LogP contribution in [0.3, 0.4) is 0 Å². The second-order valence-corrected chi connectivity index (χ2v) is 9.30. The Morgan fingerprint density at radius 2 is 2.14 bits per heavy atom. The molecule has 0 bridgehead atoms. The molecule has 1 aliphatic heterocycles. The van der Waals surface area contributed by atoms with Gasteiger partial charge in [0.2, 0.25) is 10.0 Å². The predicted molar refractivity (Wildman–Crippen MR) is 109 cm³/mol. The molecule has 0 spiro atoms. The second-order valence-electron chi connectivity index (χ2n) is 7.69. The van der Waals surface area contributed by atoms with E-state index < -0.39 is 21.5 Å². The normalized spacial score (nSPS) is 28.4. The lowest BCUT2D eigenvalue weighted by atomic mass is 9.75. The molecule has 3 atom stereocenters. The average Bonchev–Trinajstić information content (AvgIpc) is 2.64. The van der Waals surface area contributed by atoms with Crippen LogP contribution in [0.2, 0.25) is 0 Å². The van der Waals surface area contributed by atoms with E-state index in [1.807, 2.05) is 36.5 Å². The number of hydrogen-bond donors (Lipinski definition) is 1. The van der Waals surface area contributed by atoms with Crippen LogP contribution >= 0.6 is 0 Å². The summed E-state index contributed by atoms with van der Waals surface area (Å²) in [6.45, 7) is 1.80. The molecule has 0 saturated heterocycles. The van der Waals surface area contributed by atoms with Crippen LogP contribution in [0.5, 0.6) is 0 Å². The largest absolute Gasteiger partial charge is 0.496 e. The molecule has 3 aliphatic rings. The zero-order chi connectivity index (χ0) is 20.8. The minimum atomic E-state index is -3.71. The van der Waals surface area contributed by atoms with Crippen LogP contribution in [0.25, 0.3) is 0 Å². The van der Waals surface area contributed by atoms with Crippen LogP contribution in [0.4, 0.5) is 4.39 Å². The summed E-state index contributed by atoms with van der Waals surface area (Å²) < 4.78 is 49.4. The summed E-state index contributed by atoms with van der Waals surface area (Å²) >= 11 is 0. The molecule has 0 amide bonds. The smallest absolute Gasteiger partial charge is 0.210 e. The van der Waals surface area contributed by atoms with E-state index in [4.69, 9.17) is 14.6 Å². The number of allylic oxidation sites excluding steroid dienone is 5. The number of halogens is 1. The van der Waals surface area contributed by atoms with Crippen LogP contribution < -0.4 is 5.14 Å². The monoisotopic (exact) mass is 415 g/mol. The van der Waals surface area contributed by atoms with Crippen molar-refractivity contribution in [3.63, 3.8) is 0 Å². The first-order valence-electron chi connectivity index (χ1n) is 9.20. The minimum absolute atomic E-state index is 0.241. The number of nitrogens with two attached hydrogens (primary N) is 1. The van der Waals surface area contributed by atoms with E-state index in [-0.39, 0.29) is 17.7 Å². The SMILES string of the molecule is COC1=CC=CC2OC(c3cccc(F)c3)C3=CC(C)(CS(N)(=O)=O)C=CC3=C12. The van der Waals surface area contributed by atoms with Crippen molar-refractivity contribution in [2.45, 2.75) is 19.1 Å². The van der Waals surface area contributed by atoms with E-state index >= 15 is 0 Å². The van der Waals surface area contributed by atoms with Gasteiger partial charge in [-0.25, -0.2) is 17.9 Å². The molecular formula is C22H22FNO4S. The number of fused-ring (bicyclic) bond motifs is 2. The topological polar surface area (TPSA) is 78.6 Å². The molecule has 1 heterocycles. The third-order valence-electron chi connectivity index (χ3n) is 5.25. The number of sulfonamides is 1. The fourth-order valence-electron chi connectivity index (χ4n) is 4.13. The molecular weight excluding hydrogens is 393 g/mol. The van der Waals surface area contributed by atoms with Crippen LogP contribution in [-0.2, 0) is 19.5 Å².